The predicted molar refractivity (Wildman–Crippen MR) is 105 cm³/mol. The summed E-state index contributed by atoms with van der Waals surface area (Å²) in [6.45, 7) is 8.75. The van der Waals surface area contributed by atoms with E-state index < -0.39 is 11.6 Å². The number of nitrogens with one attached hydrogen (secondary N) is 2. The molecule has 2 aliphatic heterocycles. The molecule has 2 aliphatic rings. The Kier molecular flexibility index (Phi) is 6.23. The zero-order valence-electron chi connectivity index (χ0n) is 16.1. The van der Waals surface area contributed by atoms with E-state index in [1.54, 1.807) is 13.2 Å². The molecule has 1 aromatic rings. The van der Waals surface area contributed by atoms with Crippen molar-refractivity contribution in [2.45, 2.75) is 6.92 Å². The number of rotatable bonds is 5. The molecule has 0 radical (unpaired) electrons. The molecular formula is C21H25F2N3O2. The van der Waals surface area contributed by atoms with Crippen molar-refractivity contribution in [1.82, 2.24) is 15.5 Å². The number of benzene rings is 1. The van der Waals surface area contributed by atoms with Crippen LogP contribution in [0.1, 0.15) is 12.5 Å². The van der Waals surface area contributed by atoms with Crippen LogP contribution in [0.5, 0.6) is 0 Å². The molecule has 0 saturated carbocycles. The number of hydrogen-bond acceptors (Lipinski definition) is 5. The minimum absolute atomic E-state index is 0.0579. The van der Waals surface area contributed by atoms with Crippen molar-refractivity contribution in [2.75, 3.05) is 39.9 Å². The van der Waals surface area contributed by atoms with Crippen molar-refractivity contribution in [3.8, 4) is 0 Å². The van der Waals surface area contributed by atoms with E-state index >= 15 is 0 Å². The number of halogens is 2. The number of dihydropyridines is 1. The molecule has 0 fully saturated rings. The third kappa shape index (κ3) is 4.30. The van der Waals surface area contributed by atoms with Crippen LogP contribution < -0.4 is 10.6 Å². The fraction of sp³-hybridized carbons (Fsp3) is 0.333. The first-order valence-electron chi connectivity index (χ1n) is 9.21. The third-order valence-electron chi connectivity index (χ3n) is 4.55. The average Bonchev–Trinajstić information content (AvgIpc) is 2.65. The summed E-state index contributed by atoms with van der Waals surface area (Å²) in [6.07, 6.45) is 3.52. The van der Waals surface area contributed by atoms with Crippen LogP contribution >= 0.6 is 0 Å². The van der Waals surface area contributed by atoms with E-state index in [2.05, 4.69) is 22.1 Å². The van der Waals surface area contributed by atoms with Crippen LogP contribution in [-0.4, -0.2) is 44.8 Å². The number of hydrogen-bond donors (Lipinski definition) is 2. The summed E-state index contributed by atoms with van der Waals surface area (Å²) in [6, 6.07) is 3.86. The van der Waals surface area contributed by atoms with Crippen LogP contribution in [0.4, 0.5) is 8.78 Å². The molecule has 0 unspecified atom stereocenters. The van der Waals surface area contributed by atoms with Gasteiger partial charge in [-0.25, -0.2) is 8.78 Å². The van der Waals surface area contributed by atoms with Gasteiger partial charge in [0.1, 0.15) is 17.4 Å². The molecule has 5 nitrogen and oxygen atoms in total. The van der Waals surface area contributed by atoms with Crippen LogP contribution in [0, 0.1) is 11.6 Å². The quantitative estimate of drug-likeness (QED) is 0.810. The summed E-state index contributed by atoms with van der Waals surface area (Å²) in [5.41, 5.74) is 2.05. The van der Waals surface area contributed by atoms with E-state index in [-0.39, 0.29) is 5.56 Å². The molecule has 0 spiro atoms. The highest BCUT2D eigenvalue weighted by Gasteiger charge is 2.23. The van der Waals surface area contributed by atoms with E-state index in [0.717, 1.165) is 17.0 Å². The number of allylic oxidation sites excluding steroid dienone is 1. The monoisotopic (exact) mass is 389 g/mol. The Morgan fingerprint density at radius 3 is 2.61 bits per heavy atom. The fourth-order valence-corrected chi connectivity index (χ4v) is 3.30. The van der Waals surface area contributed by atoms with Crippen LogP contribution in [-0.2, 0) is 9.47 Å². The molecule has 0 saturated heterocycles. The maximum Gasteiger partial charge on any atom is 0.190 e. The summed E-state index contributed by atoms with van der Waals surface area (Å²) in [4.78, 5) is 2.13. The largest absolute Gasteiger partial charge is 0.495 e. The lowest BCUT2D eigenvalue weighted by Gasteiger charge is -2.33. The van der Waals surface area contributed by atoms with E-state index in [4.69, 9.17) is 9.47 Å². The van der Waals surface area contributed by atoms with Gasteiger partial charge in [-0.05, 0) is 30.7 Å². The van der Waals surface area contributed by atoms with Crippen molar-refractivity contribution >= 4 is 5.70 Å². The van der Waals surface area contributed by atoms with E-state index in [1.807, 2.05) is 13.0 Å². The standard InChI is InChI=1S/C21H25F2N3O2/c1-4-28-20-11-19(27-3)18(12-25-20)26-9-8-24-17(10-14(2)13-26)21-15(22)6-5-7-16(21)23/h5-7,10-11,24-25H,2,4,8-9,12-13H2,1,3H3/b17-10-. The van der Waals surface area contributed by atoms with Gasteiger partial charge >= 0.3 is 0 Å². The second-order valence-electron chi connectivity index (χ2n) is 6.47. The van der Waals surface area contributed by atoms with Crippen molar-refractivity contribution in [2.24, 2.45) is 0 Å². The highest BCUT2D eigenvalue weighted by Crippen LogP contribution is 2.24. The maximum atomic E-state index is 14.1. The molecule has 0 atom stereocenters. The van der Waals surface area contributed by atoms with Gasteiger partial charge < -0.3 is 25.0 Å². The summed E-state index contributed by atoms with van der Waals surface area (Å²) in [5, 5.41) is 6.36. The molecule has 1 aromatic carbocycles. The van der Waals surface area contributed by atoms with Gasteiger partial charge in [0.25, 0.3) is 0 Å². The lowest BCUT2D eigenvalue weighted by Crippen LogP contribution is -2.39. The molecule has 0 amide bonds. The van der Waals surface area contributed by atoms with Gasteiger partial charge in [0.05, 0.1) is 31.5 Å². The second kappa shape index (κ2) is 8.82. The molecule has 0 aliphatic carbocycles. The highest BCUT2D eigenvalue weighted by atomic mass is 19.1. The van der Waals surface area contributed by atoms with E-state index in [1.165, 1.54) is 18.2 Å². The van der Waals surface area contributed by atoms with Crippen LogP contribution in [0.15, 0.2) is 59.8 Å². The number of ether oxygens (including phenoxy) is 2. The first kappa shape index (κ1) is 19.8. The molecule has 2 N–H and O–H groups in total. The Morgan fingerprint density at radius 2 is 1.93 bits per heavy atom. The Labute approximate surface area is 164 Å². The summed E-state index contributed by atoms with van der Waals surface area (Å²) < 4.78 is 39.3. The SMILES string of the molecule is C=C1/C=C(/c2c(F)cccc2F)NCCN(C2=C(OC)C=C(OCC)NC2)C1. The van der Waals surface area contributed by atoms with Gasteiger partial charge in [0.15, 0.2) is 5.88 Å². The molecule has 28 heavy (non-hydrogen) atoms. The molecule has 7 heteroatoms. The van der Waals surface area contributed by atoms with Crippen LogP contribution in [0.2, 0.25) is 0 Å². The van der Waals surface area contributed by atoms with E-state index in [9.17, 15) is 8.78 Å². The average molecular weight is 389 g/mol. The van der Waals surface area contributed by atoms with Gasteiger partial charge in [0.2, 0.25) is 0 Å². The fourth-order valence-electron chi connectivity index (χ4n) is 3.30. The van der Waals surface area contributed by atoms with Crippen molar-refractivity contribution in [1.29, 1.82) is 0 Å². The number of nitrogens with zero attached hydrogens (tertiary/aromatic N) is 1. The lowest BCUT2D eigenvalue weighted by molar-refractivity contribution is 0.190. The Morgan fingerprint density at radius 1 is 1.18 bits per heavy atom. The minimum atomic E-state index is -0.599. The van der Waals surface area contributed by atoms with Gasteiger partial charge in [-0.3, -0.25) is 0 Å². The topological polar surface area (TPSA) is 45.8 Å². The maximum absolute atomic E-state index is 14.1. The Bertz CT molecular complexity index is 826. The Balaban J connectivity index is 1.84. The molecule has 3 rings (SSSR count). The zero-order chi connectivity index (χ0) is 20.1. The molecule has 150 valence electrons. The molecular weight excluding hydrogens is 364 g/mol. The van der Waals surface area contributed by atoms with Crippen molar-refractivity contribution in [3.05, 3.63) is 77.0 Å². The second-order valence-corrected chi connectivity index (χ2v) is 6.47. The summed E-state index contributed by atoms with van der Waals surface area (Å²) in [5.74, 6) is 0.195. The van der Waals surface area contributed by atoms with E-state index in [0.29, 0.717) is 44.4 Å². The van der Waals surface area contributed by atoms with Gasteiger partial charge in [-0.2, -0.15) is 0 Å². The van der Waals surface area contributed by atoms with Gasteiger partial charge in [0, 0.05) is 31.4 Å². The van der Waals surface area contributed by atoms with Crippen LogP contribution in [0.3, 0.4) is 0 Å². The molecule has 2 heterocycles. The predicted octanol–water partition coefficient (Wildman–Crippen LogP) is 3.11. The Hall–Kier alpha value is -2.96. The summed E-state index contributed by atoms with van der Waals surface area (Å²) in [7, 11) is 1.62. The zero-order valence-corrected chi connectivity index (χ0v) is 16.1. The third-order valence-corrected chi connectivity index (χ3v) is 4.55. The van der Waals surface area contributed by atoms with Crippen LogP contribution in [0.25, 0.3) is 5.70 Å². The molecule has 0 bridgehead atoms. The van der Waals surface area contributed by atoms with Crippen molar-refractivity contribution < 1.29 is 18.3 Å². The first-order valence-corrected chi connectivity index (χ1v) is 9.21. The minimum Gasteiger partial charge on any atom is -0.495 e. The highest BCUT2D eigenvalue weighted by molar-refractivity contribution is 5.67. The molecule has 0 aromatic heterocycles. The van der Waals surface area contributed by atoms with Gasteiger partial charge in [-0.1, -0.05) is 12.6 Å². The smallest absolute Gasteiger partial charge is 0.190 e. The van der Waals surface area contributed by atoms with Crippen molar-refractivity contribution in [3.63, 3.8) is 0 Å². The van der Waals surface area contributed by atoms with Gasteiger partial charge in [-0.15, -0.1) is 0 Å². The first-order chi connectivity index (χ1) is 13.5. The number of methoxy groups -OCH3 is 1. The normalized spacial score (nSPS) is 19.6. The summed E-state index contributed by atoms with van der Waals surface area (Å²) >= 11 is 0. The lowest BCUT2D eigenvalue weighted by atomic mass is 10.1.